The van der Waals surface area contributed by atoms with Gasteiger partial charge in [0.15, 0.2) is 9.84 Å². The smallest absolute Gasteiger partial charge is 0.405 e. The molecule has 1 heterocycles. The summed E-state index contributed by atoms with van der Waals surface area (Å²) >= 11 is 0. The summed E-state index contributed by atoms with van der Waals surface area (Å²) in [6.07, 6.45) is -3.05. The van der Waals surface area contributed by atoms with Crippen molar-refractivity contribution in [2.24, 2.45) is 0 Å². The normalized spacial score (nSPS) is 12.0. The van der Waals surface area contributed by atoms with Gasteiger partial charge >= 0.3 is 6.36 Å². The third-order valence-electron chi connectivity index (χ3n) is 5.69. The molecule has 6 nitrogen and oxygen atoms in total. The van der Waals surface area contributed by atoms with Gasteiger partial charge in [0.1, 0.15) is 5.75 Å². The lowest BCUT2D eigenvalue weighted by Crippen LogP contribution is -2.22. The van der Waals surface area contributed by atoms with Crippen molar-refractivity contribution in [2.45, 2.75) is 31.3 Å². The van der Waals surface area contributed by atoms with Crippen LogP contribution in [0.5, 0.6) is 5.75 Å². The van der Waals surface area contributed by atoms with E-state index in [4.69, 9.17) is 0 Å². The topological polar surface area (TPSA) is 77.4 Å². The van der Waals surface area contributed by atoms with E-state index in [0.717, 1.165) is 16.5 Å². The molecule has 0 aliphatic heterocycles. The summed E-state index contributed by atoms with van der Waals surface area (Å²) < 4.78 is 68.0. The maximum atomic E-state index is 12.7. The summed E-state index contributed by atoms with van der Waals surface area (Å²) in [5.41, 5.74) is 2.30. The summed E-state index contributed by atoms with van der Waals surface area (Å²) in [5.74, 6) is -0.553. The predicted octanol–water partition coefficient (Wildman–Crippen LogP) is 5.31. The number of sulfone groups is 1. The Hall–Kier alpha value is -3.79. The van der Waals surface area contributed by atoms with Crippen LogP contribution in [0.4, 0.5) is 13.2 Å². The van der Waals surface area contributed by atoms with E-state index in [1.54, 1.807) is 66.2 Å². The van der Waals surface area contributed by atoms with Crippen molar-refractivity contribution in [2.75, 3.05) is 5.75 Å². The molecule has 0 saturated heterocycles. The van der Waals surface area contributed by atoms with E-state index in [1.165, 1.54) is 24.3 Å². The number of halogens is 3. The molecule has 0 atom stereocenters. The van der Waals surface area contributed by atoms with Crippen molar-refractivity contribution >= 4 is 26.6 Å². The van der Waals surface area contributed by atoms with Gasteiger partial charge in [-0.1, -0.05) is 37.3 Å². The minimum Gasteiger partial charge on any atom is -0.405 e. The molecule has 0 saturated carbocycles. The van der Waals surface area contributed by atoms with Gasteiger partial charge in [0, 0.05) is 34.8 Å². The van der Waals surface area contributed by atoms with Crippen LogP contribution in [0, 0.1) is 0 Å². The first-order valence-electron chi connectivity index (χ1n) is 11.1. The van der Waals surface area contributed by atoms with E-state index < -0.39 is 16.2 Å². The first kappa shape index (κ1) is 25.3. The summed E-state index contributed by atoms with van der Waals surface area (Å²) in [4.78, 5) is 12.9. The minimum atomic E-state index is -4.79. The fourth-order valence-electron chi connectivity index (χ4n) is 3.79. The molecule has 1 N–H and O–H groups in total. The molecule has 10 heteroatoms. The predicted molar refractivity (Wildman–Crippen MR) is 130 cm³/mol. The van der Waals surface area contributed by atoms with Crippen LogP contribution in [0.2, 0.25) is 0 Å². The third-order valence-corrected chi connectivity index (χ3v) is 7.44. The monoisotopic (exact) mass is 516 g/mol. The molecule has 0 fully saturated rings. The Morgan fingerprint density at radius 1 is 1.00 bits per heavy atom. The van der Waals surface area contributed by atoms with E-state index in [-0.39, 0.29) is 35.4 Å². The highest BCUT2D eigenvalue weighted by Crippen LogP contribution is 2.28. The van der Waals surface area contributed by atoms with Crippen LogP contribution < -0.4 is 10.1 Å². The molecule has 0 aliphatic rings. The number of fused-ring (bicyclic) bond motifs is 1. The number of amides is 1. The number of nitrogens with one attached hydrogen (secondary N) is 1. The van der Waals surface area contributed by atoms with E-state index in [9.17, 15) is 26.4 Å². The van der Waals surface area contributed by atoms with Gasteiger partial charge in [-0.25, -0.2) is 8.42 Å². The molecule has 0 unspecified atom stereocenters. The second-order valence-electron chi connectivity index (χ2n) is 8.10. The maximum absolute atomic E-state index is 12.7. The molecule has 188 valence electrons. The number of rotatable bonds is 8. The molecule has 0 bridgehead atoms. The Kier molecular flexibility index (Phi) is 7.07. The average molecular weight is 517 g/mol. The summed E-state index contributed by atoms with van der Waals surface area (Å²) in [5, 5.41) is 3.57. The van der Waals surface area contributed by atoms with Crippen LogP contribution in [0.3, 0.4) is 0 Å². The molecule has 36 heavy (non-hydrogen) atoms. The van der Waals surface area contributed by atoms with Gasteiger partial charge in [0.05, 0.1) is 17.2 Å². The number of alkyl halides is 3. The molecular weight excluding hydrogens is 493 g/mol. The lowest BCUT2D eigenvalue weighted by Gasteiger charge is -2.14. The Bertz CT molecular complexity index is 1490. The standard InChI is InChI=1S/C26H23F3N2O4S/c1-2-36(33,34)22-10-7-18(8-11-22)16-30-25(32)20-9-12-23-19(15-20)13-14-31(23)17-21-5-3-4-6-24(21)35-26(27,28)29/h3-15H,2,16-17H2,1H3,(H,30,32). The first-order chi connectivity index (χ1) is 17.1. The third kappa shape index (κ3) is 5.88. The Morgan fingerprint density at radius 2 is 1.72 bits per heavy atom. The molecule has 0 aliphatic carbocycles. The van der Waals surface area contributed by atoms with E-state index >= 15 is 0 Å². The number of ether oxygens (including phenoxy) is 1. The summed E-state index contributed by atoms with van der Waals surface area (Å²) in [7, 11) is -3.28. The molecule has 3 aromatic carbocycles. The highest BCUT2D eigenvalue weighted by molar-refractivity contribution is 7.91. The van der Waals surface area contributed by atoms with Gasteiger partial charge in [-0.05, 0) is 48.0 Å². The summed E-state index contributed by atoms with van der Waals surface area (Å²) in [6, 6.07) is 19.2. The van der Waals surface area contributed by atoms with Crippen LogP contribution in [0.25, 0.3) is 10.9 Å². The van der Waals surface area contributed by atoms with Gasteiger partial charge in [0.2, 0.25) is 0 Å². The maximum Gasteiger partial charge on any atom is 0.573 e. The second kappa shape index (κ2) is 10.1. The van der Waals surface area contributed by atoms with Crippen molar-refractivity contribution in [1.82, 2.24) is 9.88 Å². The van der Waals surface area contributed by atoms with Crippen molar-refractivity contribution in [1.29, 1.82) is 0 Å². The number of nitrogens with zero attached hydrogens (tertiary/aromatic N) is 1. The summed E-state index contributed by atoms with van der Waals surface area (Å²) in [6.45, 7) is 1.96. The largest absolute Gasteiger partial charge is 0.573 e. The van der Waals surface area contributed by atoms with Gasteiger partial charge < -0.3 is 14.6 Å². The quantitative estimate of drug-likeness (QED) is 0.344. The molecule has 4 rings (SSSR count). The SMILES string of the molecule is CCS(=O)(=O)c1ccc(CNC(=O)c2ccc3c(ccn3Cc3ccccc3OC(F)(F)F)c2)cc1. The van der Waals surface area contributed by atoms with Gasteiger partial charge in [-0.2, -0.15) is 0 Å². The number of carbonyl (C=O) groups excluding carboxylic acids is 1. The van der Waals surface area contributed by atoms with Gasteiger partial charge in [-0.3, -0.25) is 4.79 Å². The Labute approximate surface area is 206 Å². The minimum absolute atomic E-state index is 0.0150. The zero-order valence-corrected chi connectivity index (χ0v) is 20.1. The van der Waals surface area contributed by atoms with E-state index in [1.807, 2.05) is 0 Å². The van der Waals surface area contributed by atoms with Crippen molar-refractivity contribution in [3.63, 3.8) is 0 Å². The molecule has 4 aromatic rings. The number of hydrogen-bond acceptors (Lipinski definition) is 4. The number of carbonyl (C=O) groups is 1. The highest BCUT2D eigenvalue weighted by atomic mass is 32.2. The lowest BCUT2D eigenvalue weighted by atomic mass is 10.1. The lowest BCUT2D eigenvalue weighted by molar-refractivity contribution is -0.274. The molecule has 1 aromatic heterocycles. The zero-order chi connectivity index (χ0) is 25.9. The van der Waals surface area contributed by atoms with Crippen LogP contribution in [-0.4, -0.2) is 31.0 Å². The zero-order valence-electron chi connectivity index (χ0n) is 19.2. The van der Waals surface area contributed by atoms with E-state index in [2.05, 4.69) is 10.1 Å². The number of hydrogen-bond donors (Lipinski definition) is 1. The number of para-hydroxylation sites is 1. The van der Waals surface area contributed by atoms with Crippen LogP contribution in [0.1, 0.15) is 28.4 Å². The van der Waals surface area contributed by atoms with Crippen molar-refractivity contribution < 1.29 is 31.1 Å². The van der Waals surface area contributed by atoms with E-state index in [0.29, 0.717) is 11.1 Å². The molecular formula is C26H23F3N2O4S. The molecule has 1 amide bonds. The van der Waals surface area contributed by atoms with Crippen LogP contribution in [0.15, 0.2) is 83.9 Å². The fourth-order valence-corrected chi connectivity index (χ4v) is 4.67. The molecule has 0 radical (unpaired) electrons. The average Bonchev–Trinajstić information content (AvgIpc) is 3.25. The van der Waals surface area contributed by atoms with Crippen LogP contribution in [-0.2, 0) is 22.9 Å². The second-order valence-corrected chi connectivity index (χ2v) is 10.4. The number of benzene rings is 3. The Balaban J connectivity index is 1.46. The molecule has 0 spiro atoms. The van der Waals surface area contributed by atoms with Gasteiger partial charge in [-0.15, -0.1) is 13.2 Å². The first-order valence-corrected chi connectivity index (χ1v) is 12.7. The van der Waals surface area contributed by atoms with Crippen molar-refractivity contribution in [3.05, 3.63) is 95.7 Å². The van der Waals surface area contributed by atoms with Gasteiger partial charge in [0.25, 0.3) is 5.91 Å². The van der Waals surface area contributed by atoms with Crippen molar-refractivity contribution in [3.8, 4) is 5.75 Å². The number of aromatic nitrogens is 1. The highest BCUT2D eigenvalue weighted by Gasteiger charge is 2.32. The van der Waals surface area contributed by atoms with Crippen LogP contribution >= 0.6 is 0 Å². The Morgan fingerprint density at radius 3 is 2.42 bits per heavy atom. The fraction of sp³-hybridized carbons (Fsp3) is 0.192.